The van der Waals surface area contributed by atoms with E-state index in [1.165, 1.54) is 118 Å². The molecule has 3 aromatic heterocycles. The summed E-state index contributed by atoms with van der Waals surface area (Å²) in [6.07, 6.45) is 4.84. The summed E-state index contributed by atoms with van der Waals surface area (Å²) in [4.78, 5) is 6.74. The van der Waals surface area contributed by atoms with Gasteiger partial charge in [-0.05, 0) is 137 Å². The lowest BCUT2D eigenvalue weighted by Gasteiger charge is -2.50. The molecule has 0 spiro atoms. The van der Waals surface area contributed by atoms with Gasteiger partial charge in [0.25, 0.3) is 6.71 Å². The fourth-order valence-corrected chi connectivity index (χ4v) is 14.7. The van der Waals surface area contributed by atoms with Crippen molar-refractivity contribution in [3.63, 3.8) is 0 Å². The summed E-state index contributed by atoms with van der Waals surface area (Å²) in [6.45, 7) is 21.7. The number of furan rings is 1. The zero-order valence-corrected chi connectivity index (χ0v) is 41.0. The van der Waals surface area contributed by atoms with Crippen molar-refractivity contribution in [1.82, 2.24) is 4.57 Å². The highest BCUT2D eigenvalue weighted by Gasteiger charge is 2.58. The van der Waals surface area contributed by atoms with Crippen molar-refractivity contribution in [2.75, 3.05) is 9.80 Å². The minimum atomic E-state index is -0.0896. The average Bonchev–Trinajstić information content (AvgIpc) is 4.02. The number of hydrogen-bond acceptors (Lipinski definition) is 4. The van der Waals surface area contributed by atoms with Crippen LogP contribution in [0.5, 0.6) is 0 Å². The van der Waals surface area contributed by atoms with E-state index < -0.39 is 0 Å². The summed E-state index contributed by atoms with van der Waals surface area (Å²) in [6, 6.07) is 49.4. The molecule has 2 atom stereocenters. The number of aromatic nitrogens is 1. The molecule has 0 N–H and O–H groups in total. The Balaban J connectivity index is 1.11. The number of rotatable bonds is 2. The van der Waals surface area contributed by atoms with Crippen LogP contribution in [0.15, 0.2) is 132 Å². The molecule has 4 nitrogen and oxygen atoms in total. The van der Waals surface area contributed by atoms with E-state index in [9.17, 15) is 0 Å². The van der Waals surface area contributed by atoms with Crippen molar-refractivity contribution >= 4 is 116 Å². The van der Waals surface area contributed by atoms with Crippen LogP contribution in [0.1, 0.15) is 103 Å². The minimum Gasteiger partial charge on any atom is -0.456 e. The number of benzene rings is 7. The molecule has 67 heavy (non-hydrogen) atoms. The predicted octanol–water partition coefficient (Wildman–Crippen LogP) is 15.2. The van der Waals surface area contributed by atoms with E-state index in [1.807, 2.05) is 11.3 Å². The Hall–Kier alpha value is -6.24. The monoisotopic (exact) mass is 889 g/mol. The predicted molar refractivity (Wildman–Crippen MR) is 288 cm³/mol. The maximum Gasteiger partial charge on any atom is 0.252 e. The fourth-order valence-electron chi connectivity index (χ4n) is 13.5. The number of thiophene rings is 1. The molecule has 0 saturated heterocycles. The third-order valence-electron chi connectivity index (χ3n) is 17.1. The number of fused-ring (bicyclic) bond motifs is 15. The standard InChI is InChI=1S/C61H56BN3OS/c1-35-29-48-55-49(30-35)64-56-41(53-40-18-11-13-22-52(40)67-57(53)64)31-37(59(5,6)7)33-44(56)62(55)43-25-24-38(34-47(43)63(48)46-19-16-21-51-54(46)39-17-10-12-20-50(39)66-51)65-45-26-23-36(58(2,3)4)32-42(45)60(8)27-14-15-28-61(60,65)9/h10-13,16-26,29-34H,14-15,27-28H2,1-9H3. The van der Waals surface area contributed by atoms with Gasteiger partial charge in [0.1, 0.15) is 16.0 Å². The van der Waals surface area contributed by atoms with Crippen LogP contribution in [-0.2, 0) is 16.2 Å². The van der Waals surface area contributed by atoms with Crippen LogP contribution < -0.4 is 26.2 Å². The molecule has 6 heterocycles. The van der Waals surface area contributed by atoms with Crippen molar-refractivity contribution in [3.8, 4) is 5.69 Å². The Morgan fingerprint density at radius 2 is 1.34 bits per heavy atom. The third kappa shape index (κ3) is 5.10. The molecule has 2 unspecified atom stereocenters. The Bertz CT molecular complexity index is 3820. The lowest BCUT2D eigenvalue weighted by atomic mass is 9.33. The highest BCUT2D eigenvalue weighted by Crippen LogP contribution is 2.62. The minimum absolute atomic E-state index is 0.0160. The van der Waals surface area contributed by atoms with Crippen molar-refractivity contribution < 1.29 is 4.42 Å². The summed E-state index contributed by atoms with van der Waals surface area (Å²) in [7, 11) is 0. The van der Waals surface area contributed by atoms with Gasteiger partial charge in [0, 0.05) is 60.1 Å². The molecule has 330 valence electrons. The number of aryl methyl sites for hydroxylation is 1. The van der Waals surface area contributed by atoms with Gasteiger partial charge in [-0.3, -0.25) is 0 Å². The maximum absolute atomic E-state index is 6.68. The van der Waals surface area contributed by atoms with Crippen molar-refractivity contribution in [2.45, 2.75) is 110 Å². The van der Waals surface area contributed by atoms with Gasteiger partial charge in [0.05, 0.1) is 22.1 Å². The topological polar surface area (TPSA) is 24.6 Å². The van der Waals surface area contributed by atoms with Gasteiger partial charge in [0.2, 0.25) is 0 Å². The van der Waals surface area contributed by atoms with Gasteiger partial charge in [0.15, 0.2) is 0 Å². The SMILES string of the molecule is Cc1cc2c3c(c1)-n1c4sc5ccccc5c4c4cc(C(C)(C)C)cc(c41)B3c1ccc(N3c4ccc(C(C)(C)C)cc4C4(C)CCCCC34C)cc1N2c1cccc2oc3ccccc3c12. The fraction of sp³-hybridized carbons (Fsp3) is 0.279. The molecule has 7 aromatic carbocycles. The number of anilines is 5. The third-order valence-corrected chi connectivity index (χ3v) is 18.2. The first kappa shape index (κ1) is 39.9. The molecule has 6 heteroatoms. The second-order valence-corrected chi connectivity index (χ2v) is 24.0. The first-order chi connectivity index (χ1) is 32.1. The van der Waals surface area contributed by atoms with Crippen LogP contribution in [0, 0.1) is 6.92 Å². The second-order valence-electron chi connectivity index (χ2n) is 22.9. The number of hydrogen-bond donors (Lipinski definition) is 0. The summed E-state index contributed by atoms with van der Waals surface area (Å²) in [5.41, 5.74) is 20.4. The quantitative estimate of drug-likeness (QED) is 0.162. The van der Waals surface area contributed by atoms with Crippen molar-refractivity contribution in [1.29, 1.82) is 0 Å². The summed E-state index contributed by atoms with van der Waals surface area (Å²) >= 11 is 1.94. The summed E-state index contributed by atoms with van der Waals surface area (Å²) in [5.74, 6) is 0. The van der Waals surface area contributed by atoms with E-state index in [-0.39, 0.29) is 28.5 Å². The number of nitrogens with zero attached hydrogens (tertiary/aromatic N) is 3. The Morgan fingerprint density at radius 3 is 2.16 bits per heavy atom. The molecule has 0 bridgehead atoms. The highest BCUT2D eigenvalue weighted by molar-refractivity contribution is 7.26. The Morgan fingerprint density at radius 1 is 0.597 bits per heavy atom. The molecule has 3 aliphatic heterocycles. The average molecular weight is 890 g/mol. The molecule has 10 aromatic rings. The van der Waals surface area contributed by atoms with Crippen LogP contribution in [0.2, 0.25) is 0 Å². The Kier molecular flexibility index (Phi) is 7.77. The second kappa shape index (κ2) is 13.0. The molecular weight excluding hydrogens is 834 g/mol. The van der Waals surface area contributed by atoms with Crippen LogP contribution >= 0.6 is 11.3 Å². The van der Waals surface area contributed by atoms with E-state index in [0.29, 0.717) is 0 Å². The first-order valence-electron chi connectivity index (χ1n) is 24.6. The van der Waals surface area contributed by atoms with Gasteiger partial charge < -0.3 is 18.8 Å². The molecule has 14 rings (SSSR count). The van der Waals surface area contributed by atoms with E-state index in [4.69, 9.17) is 4.42 Å². The zero-order valence-electron chi connectivity index (χ0n) is 40.2. The molecular formula is C61H56BN3OS. The van der Waals surface area contributed by atoms with Gasteiger partial charge in [-0.1, -0.05) is 128 Å². The van der Waals surface area contributed by atoms with E-state index in [0.717, 1.165) is 34.0 Å². The highest BCUT2D eigenvalue weighted by atomic mass is 32.1. The molecule has 1 fully saturated rings. The van der Waals surface area contributed by atoms with Gasteiger partial charge in [-0.15, -0.1) is 11.3 Å². The lowest BCUT2D eigenvalue weighted by Crippen LogP contribution is -2.60. The van der Waals surface area contributed by atoms with Crippen LogP contribution in [0.25, 0.3) is 58.8 Å². The van der Waals surface area contributed by atoms with E-state index >= 15 is 0 Å². The maximum atomic E-state index is 6.68. The smallest absolute Gasteiger partial charge is 0.252 e. The lowest BCUT2D eigenvalue weighted by molar-refractivity contribution is 0.195. The first-order valence-corrected chi connectivity index (χ1v) is 25.4. The molecule has 1 saturated carbocycles. The van der Waals surface area contributed by atoms with Crippen LogP contribution in [0.4, 0.5) is 28.4 Å². The zero-order chi connectivity index (χ0) is 45.7. The van der Waals surface area contributed by atoms with Crippen molar-refractivity contribution in [3.05, 3.63) is 150 Å². The Labute approximate surface area is 397 Å². The van der Waals surface area contributed by atoms with Gasteiger partial charge in [-0.25, -0.2) is 0 Å². The van der Waals surface area contributed by atoms with Gasteiger partial charge in [-0.2, -0.15) is 0 Å². The number of para-hydroxylation sites is 1. The molecule has 0 amide bonds. The summed E-state index contributed by atoms with van der Waals surface area (Å²) in [5, 5.41) is 6.39. The van der Waals surface area contributed by atoms with Crippen molar-refractivity contribution in [2.24, 2.45) is 0 Å². The van der Waals surface area contributed by atoms with Crippen LogP contribution in [0.3, 0.4) is 0 Å². The van der Waals surface area contributed by atoms with Crippen LogP contribution in [-0.4, -0.2) is 16.8 Å². The molecule has 4 aliphatic rings. The summed E-state index contributed by atoms with van der Waals surface area (Å²) < 4.78 is 10.7. The van der Waals surface area contributed by atoms with Gasteiger partial charge >= 0.3 is 0 Å². The molecule has 1 aliphatic carbocycles. The normalized spacial score (nSPS) is 19.8. The van der Waals surface area contributed by atoms with E-state index in [2.05, 4.69) is 204 Å². The van der Waals surface area contributed by atoms with E-state index in [1.54, 1.807) is 0 Å². The largest absolute Gasteiger partial charge is 0.456 e. The molecule has 0 radical (unpaired) electrons.